The van der Waals surface area contributed by atoms with Gasteiger partial charge >= 0.3 is 6.09 Å². The second-order valence-electron chi connectivity index (χ2n) is 5.77. The molecule has 2 aromatic heterocycles. The van der Waals surface area contributed by atoms with E-state index in [0.29, 0.717) is 36.7 Å². The summed E-state index contributed by atoms with van der Waals surface area (Å²) in [5.41, 5.74) is 1.38. The third-order valence-corrected chi connectivity index (χ3v) is 3.72. The molecule has 0 saturated carbocycles. The predicted molar refractivity (Wildman–Crippen MR) is 94.7 cm³/mol. The summed E-state index contributed by atoms with van der Waals surface area (Å²) in [5, 5.41) is 12.9. The number of fused-ring (bicyclic) bond motifs is 1. The van der Waals surface area contributed by atoms with Crippen molar-refractivity contribution in [2.24, 2.45) is 0 Å². The lowest BCUT2D eigenvalue weighted by Gasteiger charge is -2.07. The fourth-order valence-electron chi connectivity index (χ4n) is 2.52. The van der Waals surface area contributed by atoms with Crippen molar-refractivity contribution in [2.45, 2.75) is 13.3 Å². The SMILES string of the molecule is CC(=O)CNCCc1cc(Oc2ccc3c(ccn3C(=O)O)c2)ncn1. The number of ketones is 1. The largest absolute Gasteiger partial charge is 0.464 e. The summed E-state index contributed by atoms with van der Waals surface area (Å²) in [6.07, 6.45) is 2.53. The van der Waals surface area contributed by atoms with Crippen molar-refractivity contribution < 1.29 is 19.4 Å². The molecule has 3 rings (SSSR count). The fourth-order valence-corrected chi connectivity index (χ4v) is 2.52. The quantitative estimate of drug-likeness (QED) is 0.628. The van der Waals surface area contributed by atoms with Crippen LogP contribution in [-0.2, 0) is 11.2 Å². The maximum atomic E-state index is 11.1. The van der Waals surface area contributed by atoms with E-state index in [-0.39, 0.29) is 5.78 Å². The van der Waals surface area contributed by atoms with Crippen molar-refractivity contribution in [1.29, 1.82) is 0 Å². The van der Waals surface area contributed by atoms with Crippen molar-refractivity contribution in [2.75, 3.05) is 13.1 Å². The fraction of sp³-hybridized carbons (Fsp3) is 0.222. The number of carbonyl (C=O) groups is 2. The number of nitrogens with zero attached hydrogens (tertiary/aromatic N) is 3. The lowest BCUT2D eigenvalue weighted by atomic mass is 10.2. The molecule has 0 saturated heterocycles. The number of aromatic nitrogens is 3. The van der Waals surface area contributed by atoms with Crippen LogP contribution in [0.15, 0.2) is 42.9 Å². The maximum Gasteiger partial charge on any atom is 0.415 e. The molecule has 3 aromatic rings. The molecule has 0 radical (unpaired) electrons. The molecule has 2 heterocycles. The normalized spacial score (nSPS) is 10.8. The van der Waals surface area contributed by atoms with E-state index >= 15 is 0 Å². The summed E-state index contributed by atoms with van der Waals surface area (Å²) in [5.74, 6) is 1.04. The van der Waals surface area contributed by atoms with Gasteiger partial charge in [-0.05, 0) is 31.2 Å². The number of carbonyl (C=O) groups excluding carboxylic acids is 1. The molecule has 0 aliphatic carbocycles. The van der Waals surface area contributed by atoms with Gasteiger partial charge in [-0.25, -0.2) is 14.8 Å². The summed E-state index contributed by atoms with van der Waals surface area (Å²) in [4.78, 5) is 30.3. The predicted octanol–water partition coefficient (Wildman–Crippen LogP) is 2.47. The molecule has 0 amide bonds. The number of benzene rings is 1. The maximum absolute atomic E-state index is 11.1. The molecular weight excluding hydrogens is 336 g/mol. The van der Waals surface area contributed by atoms with Gasteiger partial charge in [-0.3, -0.25) is 9.36 Å². The molecule has 0 spiro atoms. The van der Waals surface area contributed by atoms with Gasteiger partial charge in [0, 0.05) is 36.3 Å². The molecule has 0 bridgehead atoms. The minimum absolute atomic E-state index is 0.0869. The van der Waals surface area contributed by atoms with Crippen LogP contribution < -0.4 is 10.1 Å². The Morgan fingerprint density at radius 1 is 1.23 bits per heavy atom. The number of Topliss-reactive ketones (excluding diaryl/α,β-unsaturated/α-hetero) is 1. The molecule has 0 aliphatic heterocycles. The summed E-state index contributed by atoms with van der Waals surface area (Å²) in [6, 6.07) is 8.58. The second-order valence-corrected chi connectivity index (χ2v) is 5.77. The Balaban J connectivity index is 1.68. The number of rotatable bonds is 7. The van der Waals surface area contributed by atoms with Gasteiger partial charge in [-0.1, -0.05) is 0 Å². The molecule has 8 heteroatoms. The van der Waals surface area contributed by atoms with E-state index in [2.05, 4.69) is 15.3 Å². The van der Waals surface area contributed by atoms with Gasteiger partial charge < -0.3 is 15.2 Å². The highest BCUT2D eigenvalue weighted by atomic mass is 16.5. The topological polar surface area (TPSA) is 106 Å². The Labute approximate surface area is 149 Å². The van der Waals surface area contributed by atoms with Gasteiger partial charge in [-0.15, -0.1) is 0 Å². The summed E-state index contributed by atoms with van der Waals surface area (Å²) in [7, 11) is 0. The Bertz CT molecular complexity index is 951. The molecule has 1 aromatic carbocycles. The molecule has 8 nitrogen and oxygen atoms in total. The van der Waals surface area contributed by atoms with Crippen LogP contribution in [0.5, 0.6) is 11.6 Å². The smallest absolute Gasteiger partial charge is 0.415 e. The van der Waals surface area contributed by atoms with Crippen LogP contribution in [0.25, 0.3) is 10.9 Å². The zero-order valence-electron chi connectivity index (χ0n) is 14.2. The van der Waals surface area contributed by atoms with Gasteiger partial charge in [0.1, 0.15) is 17.9 Å². The van der Waals surface area contributed by atoms with Crippen LogP contribution in [0.2, 0.25) is 0 Å². The van der Waals surface area contributed by atoms with Gasteiger partial charge in [0.2, 0.25) is 5.88 Å². The monoisotopic (exact) mass is 354 g/mol. The first-order valence-corrected chi connectivity index (χ1v) is 8.06. The van der Waals surface area contributed by atoms with E-state index in [1.165, 1.54) is 19.4 Å². The zero-order valence-corrected chi connectivity index (χ0v) is 14.2. The highest BCUT2D eigenvalue weighted by molar-refractivity contribution is 5.89. The molecule has 2 N–H and O–H groups in total. The average Bonchev–Trinajstić information content (AvgIpc) is 3.02. The Morgan fingerprint density at radius 3 is 2.85 bits per heavy atom. The summed E-state index contributed by atoms with van der Waals surface area (Å²) < 4.78 is 6.91. The number of hydrogen-bond donors (Lipinski definition) is 2. The Morgan fingerprint density at radius 2 is 2.08 bits per heavy atom. The van der Waals surface area contributed by atoms with Crippen LogP contribution >= 0.6 is 0 Å². The van der Waals surface area contributed by atoms with Crippen LogP contribution in [0, 0.1) is 0 Å². The van der Waals surface area contributed by atoms with E-state index in [0.717, 1.165) is 15.6 Å². The zero-order chi connectivity index (χ0) is 18.5. The van der Waals surface area contributed by atoms with E-state index < -0.39 is 6.09 Å². The molecular formula is C18H18N4O4. The molecule has 0 unspecified atom stereocenters. The lowest BCUT2D eigenvalue weighted by Crippen LogP contribution is -2.23. The van der Waals surface area contributed by atoms with Gasteiger partial charge in [0.15, 0.2) is 0 Å². The molecule has 0 atom stereocenters. The van der Waals surface area contributed by atoms with Gasteiger partial charge in [-0.2, -0.15) is 0 Å². The third kappa shape index (κ3) is 4.22. The summed E-state index contributed by atoms with van der Waals surface area (Å²) >= 11 is 0. The minimum atomic E-state index is -1.03. The number of carboxylic acid groups (broad SMARTS) is 1. The van der Waals surface area contributed by atoms with Crippen molar-refractivity contribution in [3.05, 3.63) is 48.5 Å². The molecule has 0 aliphatic rings. The first kappa shape index (κ1) is 17.6. The van der Waals surface area contributed by atoms with E-state index in [1.54, 1.807) is 30.3 Å². The van der Waals surface area contributed by atoms with Crippen molar-refractivity contribution in [3.8, 4) is 11.6 Å². The van der Waals surface area contributed by atoms with Crippen LogP contribution in [0.3, 0.4) is 0 Å². The first-order chi connectivity index (χ1) is 12.5. The Hall–Kier alpha value is -3.26. The standard InChI is InChI=1S/C18H18N4O4/c1-12(23)10-19-6-4-14-9-17(21-11-20-14)26-15-2-3-16-13(8-15)5-7-22(16)18(24)25/h2-3,5,7-9,11,19H,4,6,10H2,1H3,(H,24,25). The molecule has 26 heavy (non-hydrogen) atoms. The number of nitrogens with one attached hydrogen (secondary N) is 1. The van der Waals surface area contributed by atoms with Crippen molar-refractivity contribution in [1.82, 2.24) is 19.9 Å². The number of ether oxygens (including phenoxy) is 1. The highest BCUT2D eigenvalue weighted by Gasteiger charge is 2.08. The van der Waals surface area contributed by atoms with Gasteiger partial charge in [0.05, 0.1) is 12.1 Å². The third-order valence-electron chi connectivity index (χ3n) is 3.72. The Kier molecular flexibility index (Phi) is 5.23. The van der Waals surface area contributed by atoms with E-state index in [1.807, 2.05) is 0 Å². The minimum Gasteiger partial charge on any atom is -0.464 e. The van der Waals surface area contributed by atoms with Crippen LogP contribution in [0.1, 0.15) is 12.6 Å². The van der Waals surface area contributed by atoms with Crippen LogP contribution in [0.4, 0.5) is 4.79 Å². The van der Waals surface area contributed by atoms with Crippen molar-refractivity contribution in [3.63, 3.8) is 0 Å². The van der Waals surface area contributed by atoms with Crippen LogP contribution in [-0.4, -0.2) is 44.6 Å². The van der Waals surface area contributed by atoms with E-state index in [9.17, 15) is 9.59 Å². The number of hydrogen-bond acceptors (Lipinski definition) is 6. The average molecular weight is 354 g/mol. The molecule has 0 fully saturated rings. The lowest BCUT2D eigenvalue weighted by molar-refractivity contribution is -0.116. The van der Waals surface area contributed by atoms with Crippen molar-refractivity contribution >= 4 is 22.8 Å². The highest BCUT2D eigenvalue weighted by Crippen LogP contribution is 2.25. The summed E-state index contributed by atoms with van der Waals surface area (Å²) in [6.45, 7) is 2.50. The second kappa shape index (κ2) is 7.75. The first-order valence-electron chi connectivity index (χ1n) is 8.06. The van der Waals surface area contributed by atoms with E-state index in [4.69, 9.17) is 9.84 Å². The molecule has 134 valence electrons. The van der Waals surface area contributed by atoms with Gasteiger partial charge in [0.25, 0.3) is 0 Å².